The number of benzene rings is 1. The zero-order valence-corrected chi connectivity index (χ0v) is 9.04. The fraction of sp³-hybridized carbons (Fsp3) is 0.182. The van der Waals surface area contributed by atoms with Crippen LogP contribution in [0.25, 0.3) is 10.1 Å². The van der Waals surface area contributed by atoms with Crippen molar-refractivity contribution in [1.82, 2.24) is 0 Å². The SMILES string of the molecule is Cc1sc2ccccc2c1C(N)C(=O)O. The molecule has 3 N–H and O–H groups in total. The first-order valence-corrected chi connectivity index (χ1v) is 5.39. The van der Waals surface area contributed by atoms with Gasteiger partial charge in [0.25, 0.3) is 0 Å². The first kappa shape index (κ1) is 10.1. The molecule has 0 aliphatic rings. The molecular formula is C11H11NO2S. The summed E-state index contributed by atoms with van der Waals surface area (Å²) < 4.78 is 1.08. The summed E-state index contributed by atoms with van der Waals surface area (Å²) in [6.45, 7) is 1.91. The van der Waals surface area contributed by atoms with E-state index in [9.17, 15) is 4.79 Å². The standard InChI is InChI=1S/C11H11NO2S/c1-6-9(10(12)11(13)14)7-4-2-3-5-8(7)15-6/h2-5,10H,12H2,1H3,(H,13,14). The van der Waals surface area contributed by atoms with Crippen LogP contribution < -0.4 is 5.73 Å². The van der Waals surface area contributed by atoms with Crippen LogP contribution in [0.3, 0.4) is 0 Å². The van der Waals surface area contributed by atoms with Crippen molar-refractivity contribution in [2.45, 2.75) is 13.0 Å². The lowest BCUT2D eigenvalue weighted by Gasteiger charge is -2.06. The van der Waals surface area contributed by atoms with E-state index < -0.39 is 12.0 Å². The molecule has 78 valence electrons. The molecule has 3 nitrogen and oxygen atoms in total. The lowest BCUT2D eigenvalue weighted by Crippen LogP contribution is -2.20. The molecule has 1 heterocycles. The summed E-state index contributed by atoms with van der Waals surface area (Å²) in [6, 6.07) is 6.80. The predicted molar refractivity (Wildman–Crippen MR) is 61.1 cm³/mol. The Labute approximate surface area is 91.1 Å². The van der Waals surface area contributed by atoms with Crippen molar-refractivity contribution in [2.75, 3.05) is 0 Å². The van der Waals surface area contributed by atoms with Crippen LogP contribution in [0.2, 0.25) is 0 Å². The zero-order chi connectivity index (χ0) is 11.0. The van der Waals surface area contributed by atoms with Crippen molar-refractivity contribution in [3.05, 3.63) is 34.7 Å². The third kappa shape index (κ3) is 1.62. The second-order valence-electron chi connectivity index (χ2n) is 3.38. The number of hydrogen-bond acceptors (Lipinski definition) is 3. The van der Waals surface area contributed by atoms with E-state index in [1.54, 1.807) is 11.3 Å². The van der Waals surface area contributed by atoms with Gasteiger partial charge in [-0.2, -0.15) is 0 Å². The number of aryl methyl sites for hydroxylation is 1. The maximum atomic E-state index is 10.9. The van der Waals surface area contributed by atoms with Crippen molar-refractivity contribution in [2.24, 2.45) is 5.73 Å². The molecule has 0 saturated heterocycles. The van der Waals surface area contributed by atoms with Gasteiger partial charge in [0.15, 0.2) is 0 Å². The van der Waals surface area contributed by atoms with E-state index in [-0.39, 0.29) is 0 Å². The molecule has 0 bridgehead atoms. The first-order chi connectivity index (χ1) is 7.11. The Bertz CT molecular complexity index is 518. The summed E-state index contributed by atoms with van der Waals surface area (Å²) >= 11 is 1.58. The highest BCUT2D eigenvalue weighted by Gasteiger charge is 2.20. The summed E-state index contributed by atoms with van der Waals surface area (Å²) in [7, 11) is 0. The minimum Gasteiger partial charge on any atom is -0.480 e. The average molecular weight is 221 g/mol. The Morgan fingerprint density at radius 2 is 2.13 bits per heavy atom. The van der Waals surface area contributed by atoms with Crippen LogP contribution in [0.1, 0.15) is 16.5 Å². The van der Waals surface area contributed by atoms with Gasteiger partial charge in [0.2, 0.25) is 0 Å². The molecule has 1 aromatic heterocycles. The number of fused-ring (bicyclic) bond motifs is 1. The number of thiophene rings is 1. The molecule has 1 atom stereocenters. The number of carboxylic acids is 1. The summed E-state index contributed by atoms with van der Waals surface area (Å²) in [5.74, 6) is -0.985. The molecule has 0 radical (unpaired) electrons. The molecule has 0 fully saturated rings. The monoisotopic (exact) mass is 221 g/mol. The number of aliphatic carboxylic acids is 1. The zero-order valence-electron chi connectivity index (χ0n) is 8.23. The molecule has 0 amide bonds. The van der Waals surface area contributed by atoms with E-state index in [0.717, 1.165) is 20.5 Å². The van der Waals surface area contributed by atoms with Gasteiger partial charge in [0, 0.05) is 15.1 Å². The molecular weight excluding hydrogens is 210 g/mol. The van der Waals surface area contributed by atoms with Crippen LogP contribution in [0.5, 0.6) is 0 Å². The molecule has 4 heteroatoms. The van der Waals surface area contributed by atoms with Crippen molar-refractivity contribution < 1.29 is 9.90 Å². The lowest BCUT2D eigenvalue weighted by molar-refractivity contribution is -0.138. The lowest BCUT2D eigenvalue weighted by atomic mass is 10.0. The molecule has 2 rings (SSSR count). The Balaban J connectivity index is 2.68. The van der Waals surface area contributed by atoms with E-state index in [1.807, 2.05) is 31.2 Å². The minimum absolute atomic E-state index is 0.739. The number of rotatable bonds is 2. The number of carbonyl (C=O) groups is 1. The Morgan fingerprint density at radius 3 is 2.80 bits per heavy atom. The fourth-order valence-electron chi connectivity index (χ4n) is 1.70. The quantitative estimate of drug-likeness (QED) is 0.817. The molecule has 1 aromatic carbocycles. The van der Waals surface area contributed by atoms with Gasteiger partial charge in [0.1, 0.15) is 6.04 Å². The summed E-state index contributed by atoms with van der Waals surface area (Å²) in [5, 5.41) is 9.87. The predicted octanol–water partition coefficient (Wildman–Crippen LogP) is 2.29. The maximum absolute atomic E-state index is 10.9. The van der Waals surface area contributed by atoms with Crippen molar-refractivity contribution in [3.8, 4) is 0 Å². The van der Waals surface area contributed by atoms with Crippen molar-refractivity contribution in [1.29, 1.82) is 0 Å². The topological polar surface area (TPSA) is 63.3 Å². The Kier molecular flexibility index (Phi) is 2.46. The van der Waals surface area contributed by atoms with Crippen LogP contribution in [0.4, 0.5) is 0 Å². The first-order valence-electron chi connectivity index (χ1n) is 4.57. The van der Waals surface area contributed by atoms with Gasteiger partial charge >= 0.3 is 5.97 Å². The molecule has 0 saturated carbocycles. The third-order valence-corrected chi connectivity index (χ3v) is 3.50. The molecule has 0 aliphatic carbocycles. The van der Waals surface area contributed by atoms with Gasteiger partial charge in [-0.1, -0.05) is 18.2 Å². The van der Waals surface area contributed by atoms with E-state index >= 15 is 0 Å². The number of carboxylic acid groups (broad SMARTS) is 1. The molecule has 0 spiro atoms. The number of nitrogens with two attached hydrogens (primary N) is 1. The molecule has 15 heavy (non-hydrogen) atoms. The molecule has 1 unspecified atom stereocenters. The van der Waals surface area contributed by atoms with Gasteiger partial charge in [-0.25, -0.2) is 0 Å². The van der Waals surface area contributed by atoms with Gasteiger partial charge in [0.05, 0.1) is 0 Å². The van der Waals surface area contributed by atoms with Crippen LogP contribution in [-0.4, -0.2) is 11.1 Å². The van der Waals surface area contributed by atoms with E-state index in [2.05, 4.69) is 0 Å². The minimum atomic E-state index is -0.985. The summed E-state index contributed by atoms with van der Waals surface area (Å²) in [4.78, 5) is 11.9. The molecule has 2 aromatic rings. The van der Waals surface area contributed by atoms with Crippen LogP contribution in [0.15, 0.2) is 24.3 Å². The van der Waals surface area contributed by atoms with E-state index in [4.69, 9.17) is 10.8 Å². The largest absolute Gasteiger partial charge is 0.480 e. The smallest absolute Gasteiger partial charge is 0.325 e. The highest BCUT2D eigenvalue weighted by molar-refractivity contribution is 7.19. The Morgan fingerprint density at radius 1 is 1.47 bits per heavy atom. The Hall–Kier alpha value is -1.39. The van der Waals surface area contributed by atoms with Crippen LogP contribution in [0, 0.1) is 6.92 Å². The third-order valence-electron chi connectivity index (χ3n) is 2.40. The van der Waals surface area contributed by atoms with Crippen LogP contribution in [-0.2, 0) is 4.79 Å². The van der Waals surface area contributed by atoms with E-state index in [0.29, 0.717) is 0 Å². The summed E-state index contributed by atoms with van der Waals surface area (Å²) in [5.41, 5.74) is 6.40. The molecule has 0 aliphatic heterocycles. The van der Waals surface area contributed by atoms with Gasteiger partial charge in [-0.3, -0.25) is 4.79 Å². The second kappa shape index (κ2) is 3.64. The second-order valence-corrected chi connectivity index (χ2v) is 4.64. The highest BCUT2D eigenvalue weighted by Crippen LogP contribution is 2.33. The van der Waals surface area contributed by atoms with Crippen molar-refractivity contribution in [3.63, 3.8) is 0 Å². The highest BCUT2D eigenvalue weighted by atomic mass is 32.1. The normalized spacial score (nSPS) is 12.9. The maximum Gasteiger partial charge on any atom is 0.325 e. The van der Waals surface area contributed by atoms with Gasteiger partial charge in [-0.05, 0) is 18.4 Å². The average Bonchev–Trinajstić information content (AvgIpc) is 2.52. The number of hydrogen-bond donors (Lipinski definition) is 2. The van der Waals surface area contributed by atoms with Crippen molar-refractivity contribution >= 4 is 27.4 Å². The van der Waals surface area contributed by atoms with Gasteiger partial charge < -0.3 is 10.8 Å². The van der Waals surface area contributed by atoms with Gasteiger partial charge in [-0.15, -0.1) is 11.3 Å². The van der Waals surface area contributed by atoms with E-state index in [1.165, 1.54) is 0 Å². The fourth-order valence-corrected chi connectivity index (χ4v) is 2.81. The summed E-state index contributed by atoms with van der Waals surface area (Å²) in [6.07, 6.45) is 0. The van der Waals surface area contributed by atoms with Crippen LogP contribution >= 0.6 is 11.3 Å².